The van der Waals surface area contributed by atoms with E-state index in [-0.39, 0.29) is 12.5 Å². The van der Waals surface area contributed by atoms with Crippen LogP contribution < -0.4 is 0 Å². The normalized spacial score (nSPS) is 10.7. The molecule has 0 aliphatic carbocycles. The third kappa shape index (κ3) is 18.4. The van der Waals surface area contributed by atoms with Gasteiger partial charge in [-0.25, -0.2) is 0 Å². The predicted octanol–water partition coefficient (Wildman–Crippen LogP) is 0.412. The van der Waals surface area contributed by atoms with E-state index >= 15 is 0 Å². The molecule has 0 saturated heterocycles. The molecule has 0 saturated carbocycles. The highest BCUT2D eigenvalue weighted by molar-refractivity contribution is 5.68. The minimum absolute atomic E-state index is 0.231. The van der Waals surface area contributed by atoms with Gasteiger partial charge in [-0.2, -0.15) is 0 Å². The van der Waals surface area contributed by atoms with Crippen LogP contribution in [0.4, 0.5) is 0 Å². The van der Waals surface area contributed by atoms with Gasteiger partial charge in [-0.3, -0.25) is 4.79 Å². The van der Waals surface area contributed by atoms with Gasteiger partial charge in [0, 0.05) is 0 Å². The van der Waals surface area contributed by atoms with Crippen LogP contribution in [0.3, 0.4) is 0 Å². The summed E-state index contributed by atoms with van der Waals surface area (Å²) < 4.78 is 0.844. The molecule has 0 radical (unpaired) electrons. The van der Waals surface area contributed by atoms with Crippen LogP contribution >= 0.6 is 0 Å². The van der Waals surface area contributed by atoms with Crippen molar-refractivity contribution in [1.82, 2.24) is 0 Å². The molecular formula is C9H22NO3+. The molecule has 0 atom stereocenters. The van der Waals surface area contributed by atoms with E-state index in [9.17, 15) is 4.79 Å². The van der Waals surface area contributed by atoms with Crippen LogP contribution in [-0.2, 0) is 4.79 Å². The number of likely N-dealkylation sites (N-methyl/N-ethyl adjacent to an activating group) is 1. The molecule has 0 aromatic rings. The number of carboxylic acids is 1. The molecule has 0 bridgehead atoms. The standard InChI is InChI=1S/C5H14NO.C4H8O2/c1-6(2,3)4-5-7;1-3(2)4(5)6/h7H,4-5H2,1-3H3;3H,1-2H3,(H,5,6)/q+1;. The van der Waals surface area contributed by atoms with Gasteiger partial charge in [-0.15, -0.1) is 0 Å². The number of carboxylic acid groups (broad SMARTS) is 1. The van der Waals surface area contributed by atoms with Crippen LogP contribution in [0.2, 0.25) is 0 Å². The van der Waals surface area contributed by atoms with Crippen molar-refractivity contribution in [3.8, 4) is 0 Å². The number of hydrogen-bond acceptors (Lipinski definition) is 2. The van der Waals surface area contributed by atoms with Gasteiger partial charge in [0.1, 0.15) is 6.54 Å². The van der Waals surface area contributed by atoms with Gasteiger partial charge in [0.25, 0.3) is 0 Å². The highest BCUT2D eigenvalue weighted by atomic mass is 16.4. The van der Waals surface area contributed by atoms with Crippen molar-refractivity contribution in [3.63, 3.8) is 0 Å². The zero-order valence-corrected chi connectivity index (χ0v) is 9.24. The largest absolute Gasteiger partial charge is 0.481 e. The lowest BCUT2D eigenvalue weighted by atomic mass is 10.2. The van der Waals surface area contributed by atoms with Gasteiger partial charge in [0.2, 0.25) is 0 Å². The number of quaternary nitrogens is 1. The van der Waals surface area contributed by atoms with Gasteiger partial charge in [-0.1, -0.05) is 13.8 Å². The Morgan fingerprint density at radius 3 is 1.62 bits per heavy atom. The summed E-state index contributed by atoms with van der Waals surface area (Å²) in [5, 5.41) is 16.4. The topological polar surface area (TPSA) is 57.5 Å². The molecule has 4 nitrogen and oxygen atoms in total. The molecule has 0 amide bonds. The van der Waals surface area contributed by atoms with Crippen LogP contribution in [0.1, 0.15) is 13.8 Å². The first-order valence-electron chi connectivity index (χ1n) is 4.35. The molecule has 0 aromatic heterocycles. The Labute approximate surface area is 80.4 Å². The summed E-state index contributed by atoms with van der Waals surface area (Å²) in [5.41, 5.74) is 0. The fourth-order valence-corrected chi connectivity index (χ4v) is 0.300. The fraction of sp³-hybridized carbons (Fsp3) is 0.889. The maximum atomic E-state index is 9.70. The third-order valence-electron chi connectivity index (χ3n) is 1.26. The van der Waals surface area contributed by atoms with Crippen LogP contribution in [0.15, 0.2) is 0 Å². The van der Waals surface area contributed by atoms with Crippen LogP contribution in [0.25, 0.3) is 0 Å². The van der Waals surface area contributed by atoms with Crippen molar-refractivity contribution in [1.29, 1.82) is 0 Å². The lowest BCUT2D eigenvalue weighted by molar-refractivity contribution is -0.870. The molecule has 2 N–H and O–H groups in total. The van der Waals surface area contributed by atoms with Crippen LogP contribution in [0, 0.1) is 5.92 Å². The van der Waals surface area contributed by atoms with Gasteiger partial charge in [-0.05, 0) is 0 Å². The van der Waals surface area contributed by atoms with E-state index < -0.39 is 5.97 Å². The van der Waals surface area contributed by atoms with Gasteiger partial charge >= 0.3 is 5.97 Å². The number of hydrogen-bond donors (Lipinski definition) is 2. The number of rotatable bonds is 3. The summed E-state index contributed by atoms with van der Waals surface area (Å²) >= 11 is 0. The Morgan fingerprint density at radius 2 is 1.62 bits per heavy atom. The van der Waals surface area contributed by atoms with Crippen molar-refractivity contribution in [3.05, 3.63) is 0 Å². The van der Waals surface area contributed by atoms with Crippen molar-refractivity contribution in [2.75, 3.05) is 34.3 Å². The Kier molecular flexibility index (Phi) is 7.85. The number of carbonyl (C=O) groups is 1. The molecule has 0 heterocycles. The Balaban J connectivity index is 0. The van der Waals surface area contributed by atoms with Crippen molar-refractivity contribution < 1.29 is 19.5 Å². The fourth-order valence-electron chi connectivity index (χ4n) is 0.300. The molecule has 0 aromatic carbocycles. The smallest absolute Gasteiger partial charge is 0.305 e. The van der Waals surface area contributed by atoms with Gasteiger partial charge in [0.15, 0.2) is 0 Å². The predicted molar refractivity (Wildman–Crippen MR) is 52.5 cm³/mol. The van der Waals surface area contributed by atoms with E-state index in [1.54, 1.807) is 13.8 Å². The molecule has 0 unspecified atom stereocenters. The monoisotopic (exact) mass is 192 g/mol. The van der Waals surface area contributed by atoms with Gasteiger partial charge < -0.3 is 14.7 Å². The first kappa shape index (κ1) is 14.9. The number of aliphatic carboxylic acids is 1. The number of aliphatic hydroxyl groups excluding tert-OH is 1. The molecule has 0 aliphatic rings. The van der Waals surface area contributed by atoms with Crippen molar-refractivity contribution in [2.45, 2.75) is 13.8 Å². The molecule has 0 rings (SSSR count). The maximum Gasteiger partial charge on any atom is 0.305 e. The summed E-state index contributed by atoms with van der Waals surface area (Å²) in [4.78, 5) is 9.70. The third-order valence-corrected chi connectivity index (χ3v) is 1.26. The molecular weight excluding hydrogens is 170 g/mol. The second-order valence-electron chi connectivity index (χ2n) is 4.23. The van der Waals surface area contributed by atoms with E-state index in [4.69, 9.17) is 10.2 Å². The molecule has 0 fully saturated rings. The first-order chi connectivity index (χ1) is 5.70. The van der Waals surface area contributed by atoms with Crippen molar-refractivity contribution >= 4 is 5.97 Å². The van der Waals surface area contributed by atoms with Crippen LogP contribution in [-0.4, -0.2) is 55.0 Å². The zero-order valence-electron chi connectivity index (χ0n) is 9.24. The summed E-state index contributed by atoms with van der Waals surface area (Å²) in [6.45, 7) is 4.40. The molecule has 0 aliphatic heterocycles. The van der Waals surface area contributed by atoms with E-state index in [1.807, 2.05) is 0 Å². The Morgan fingerprint density at radius 1 is 1.31 bits per heavy atom. The van der Waals surface area contributed by atoms with Crippen LogP contribution in [0.5, 0.6) is 0 Å². The summed E-state index contributed by atoms with van der Waals surface area (Å²) in [7, 11) is 6.16. The second kappa shape index (κ2) is 6.86. The van der Waals surface area contributed by atoms with E-state index in [2.05, 4.69) is 21.1 Å². The van der Waals surface area contributed by atoms with E-state index in [0.717, 1.165) is 11.0 Å². The Hall–Kier alpha value is -0.610. The highest BCUT2D eigenvalue weighted by Crippen LogP contribution is 1.87. The van der Waals surface area contributed by atoms with Gasteiger partial charge in [0.05, 0.1) is 33.7 Å². The van der Waals surface area contributed by atoms with Crippen molar-refractivity contribution in [2.24, 2.45) is 5.92 Å². The maximum absolute atomic E-state index is 9.70. The number of aliphatic hydroxyl groups is 1. The second-order valence-corrected chi connectivity index (χ2v) is 4.23. The van der Waals surface area contributed by atoms with E-state index in [1.165, 1.54) is 0 Å². The average Bonchev–Trinajstić information content (AvgIpc) is 1.85. The number of nitrogens with zero attached hydrogens (tertiary/aromatic N) is 1. The molecule has 0 spiro atoms. The SMILES string of the molecule is CC(C)C(=O)O.C[N+](C)(C)CCO. The quantitative estimate of drug-likeness (QED) is 0.637. The molecule has 13 heavy (non-hydrogen) atoms. The minimum atomic E-state index is -0.741. The summed E-state index contributed by atoms with van der Waals surface area (Å²) in [6.07, 6.45) is 0. The first-order valence-corrected chi connectivity index (χ1v) is 4.35. The lowest BCUT2D eigenvalue weighted by Crippen LogP contribution is -2.36. The Bertz CT molecular complexity index is 138. The lowest BCUT2D eigenvalue weighted by Gasteiger charge is -2.21. The zero-order chi connectivity index (χ0) is 11.1. The average molecular weight is 192 g/mol. The summed E-state index contributed by atoms with van der Waals surface area (Å²) in [5.74, 6) is -0.972. The van der Waals surface area contributed by atoms with E-state index in [0.29, 0.717) is 0 Å². The highest BCUT2D eigenvalue weighted by Gasteiger charge is 2.02. The molecule has 4 heteroatoms. The summed E-state index contributed by atoms with van der Waals surface area (Å²) in [6, 6.07) is 0. The molecule has 80 valence electrons. The minimum Gasteiger partial charge on any atom is -0.481 e.